The van der Waals surface area contributed by atoms with E-state index in [0.29, 0.717) is 12.8 Å². The fraction of sp³-hybridized carbons (Fsp3) is 0.771. The van der Waals surface area contributed by atoms with Crippen molar-refractivity contribution in [3.05, 3.63) is 48.6 Å². The zero-order valence-electron chi connectivity index (χ0n) is 37.8. The van der Waals surface area contributed by atoms with Crippen LogP contribution < -0.4 is 5.32 Å². The van der Waals surface area contributed by atoms with Crippen molar-refractivity contribution in [2.75, 3.05) is 19.8 Å². The lowest BCUT2D eigenvalue weighted by molar-refractivity contribution is -0.147. The number of carbonyl (C=O) groups excluding carboxylic acids is 2. The Morgan fingerprint density at radius 1 is 0.550 bits per heavy atom. The van der Waals surface area contributed by atoms with Crippen LogP contribution in [-0.4, -0.2) is 64.9 Å². The van der Waals surface area contributed by atoms with Gasteiger partial charge < -0.3 is 25.2 Å². The summed E-state index contributed by atoms with van der Waals surface area (Å²) in [6, 6.07) is -1.55. The summed E-state index contributed by atoms with van der Waals surface area (Å²) in [6.45, 7) is 2.46. The second-order valence-electron chi connectivity index (χ2n) is 15.9. The lowest BCUT2D eigenvalue weighted by Crippen LogP contribution is -2.43. The van der Waals surface area contributed by atoms with Crippen LogP contribution in [0.3, 0.4) is 0 Å². The summed E-state index contributed by atoms with van der Waals surface area (Å²) in [5.74, 6) is -2.41. The van der Waals surface area contributed by atoms with E-state index in [1.807, 2.05) is 0 Å². The number of phosphoric acid groups is 1. The van der Waals surface area contributed by atoms with Gasteiger partial charge in [0.05, 0.1) is 13.2 Å². The van der Waals surface area contributed by atoms with Crippen LogP contribution in [0.1, 0.15) is 206 Å². The van der Waals surface area contributed by atoms with Gasteiger partial charge in [0.15, 0.2) is 6.04 Å². The maximum Gasteiger partial charge on any atom is 0.472 e. The molecule has 12 heteroatoms. The molecule has 0 aliphatic carbocycles. The Hall–Kier alpha value is -2.56. The van der Waals surface area contributed by atoms with Crippen molar-refractivity contribution in [3.63, 3.8) is 0 Å². The number of carboxylic acids is 1. The van der Waals surface area contributed by atoms with Crippen molar-refractivity contribution >= 4 is 25.7 Å². The minimum absolute atomic E-state index is 0.145. The smallest absolute Gasteiger partial charge is 0.472 e. The summed E-state index contributed by atoms with van der Waals surface area (Å²) < 4.78 is 26.8. The van der Waals surface area contributed by atoms with Gasteiger partial charge in [0.1, 0.15) is 12.7 Å². The van der Waals surface area contributed by atoms with Gasteiger partial charge in [-0.25, -0.2) is 9.36 Å². The molecular formula is C48H86NO10P. The van der Waals surface area contributed by atoms with Gasteiger partial charge in [0, 0.05) is 12.8 Å². The van der Waals surface area contributed by atoms with Crippen LogP contribution in [0.25, 0.3) is 0 Å². The molecule has 0 radical (unpaired) electrons. The second kappa shape index (κ2) is 43.1. The first-order valence-electron chi connectivity index (χ1n) is 23.7. The number of carbonyl (C=O) groups is 3. The molecule has 3 atom stereocenters. The van der Waals surface area contributed by atoms with Crippen molar-refractivity contribution in [1.82, 2.24) is 5.32 Å². The Morgan fingerprint density at radius 3 is 1.43 bits per heavy atom. The Kier molecular flexibility index (Phi) is 41.3. The summed E-state index contributed by atoms with van der Waals surface area (Å²) in [7, 11) is -4.77. The third kappa shape index (κ3) is 42.1. The van der Waals surface area contributed by atoms with Gasteiger partial charge in [0.25, 0.3) is 0 Å². The van der Waals surface area contributed by atoms with Gasteiger partial charge >= 0.3 is 19.8 Å². The predicted molar refractivity (Wildman–Crippen MR) is 245 cm³/mol. The van der Waals surface area contributed by atoms with Crippen LogP contribution >= 0.6 is 7.82 Å². The minimum atomic E-state index is -4.77. The highest BCUT2D eigenvalue weighted by molar-refractivity contribution is 7.47. The number of allylic oxidation sites excluding steroid dienone is 8. The lowest BCUT2D eigenvalue weighted by Gasteiger charge is -2.18. The fourth-order valence-corrected chi connectivity index (χ4v) is 7.26. The highest BCUT2D eigenvalue weighted by Gasteiger charge is 2.28. The van der Waals surface area contributed by atoms with Crippen LogP contribution in [0.5, 0.6) is 0 Å². The number of nitrogens with one attached hydrogen (secondary N) is 1. The Morgan fingerprint density at radius 2 is 0.967 bits per heavy atom. The maximum absolute atomic E-state index is 12.4. The number of phosphoric ester groups is 1. The molecule has 0 saturated heterocycles. The normalized spacial score (nSPS) is 14.1. The number of aliphatic hydroxyl groups excluding tert-OH is 1. The number of rotatable bonds is 44. The summed E-state index contributed by atoms with van der Waals surface area (Å²) in [6.07, 6.45) is 48.6. The predicted octanol–water partition coefficient (Wildman–Crippen LogP) is 12.6. The summed E-state index contributed by atoms with van der Waals surface area (Å²) in [4.78, 5) is 46.0. The number of carboxylic acid groups (broad SMARTS) is 1. The number of aliphatic carboxylic acids is 1. The molecular weight excluding hydrogens is 781 g/mol. The third-order valence-corrected chi connectivity index (χ3v) is 11.1. The molecule has 0 aromatic carbocycles. The van der Waals surface area contributed by atoms with Crippen LogP contribution in [0.2, 0.25) is 0 Å². The van der Waals surface area contributed by atoms with Crippen LogP contribution in [0, 0.1) is 0 Å². The average Bonchev–Trinajstić information content (AvgIpc) is 3.22. The average molecular weight is 868 g/mol. The lowest BCUT2D eigenvalue weighted by atomic mass is 10.0. The third-order valence-electron chi connectivity index (χ3n) is 10.1. The van der Waals surface area contributed by atoms with Crippen LogP contribution in [-0.2, 0) is 32.7 Å². The minimum Gasteiger partial charge on any atom is -0.480 e. The van der Waals surface area contributed by atoms with Crippen molar-refractivity contribution < 1.29 is 47.8 Å². The Labute approximate surface area is 364 Å². The number of ether oxygens (including phenoxy) is 1. The van der Waals surface area contributed by atoms with Gasteiger partial charge in [-0.15, -0.1) is 0 Å². The van der Waals surface area contributed by atoms with E-state index in [9.17, 15) is 34.1 Å². The summed E-state index contributed by atoms with van der Waals surface area (Å²) in [5.41, 5.74) is 0. The number of hydrogen-bond acceptors (Lipinski definition) is 8. The molecule has 0 spiro atoms. The molecule has 0 aromatic heterocycles. The largest absolute Gasteiger partial charge is 0.480 e. The molecule has 1 amide bonds. The van der Waals surface area contributed by atoms with Crippen molar-refractivity contribution in [1.29, 1.82) is 0 Å². The number of amides is 1. The topological polar surface area (TPSA) is 169 Å². The SMILES string of the molecule is CC/C=C\C/C=C\C/C=C\C/C=C\CCCCC(=O)OCC(O)COP(=O)(O)OCC(NC(=O)CCCCCCCCCCCCCCCCCCCCCCC)C(=O)O. The first kappa shape index (κ1) is 57.4. The number of aliphatic hydroxyl groups is 1. The van der Waals surface area contributed by atoms with Gasteiger partial charge in [-0.1, -0.05) is 191 Å². The standard InChI is InChI=1S/C48H86NO10P/c1-3-5-7-9-11-13-15-17-19-20-21-22-23-24-26-27-29-31-33-35-37-39-46(51)49-45(48(53)54)43-59-60(55,56)58-42-44(50)41-57-47(52)40-38-36-34-32-30-28-25-18-16-14-12-10-8-6-4-2/h6,8,12,14,18,25,30,32,44-45,50H,3-5,7,9-11,13,15-17,19-24,26-29,31,33-43H2,1-2H3,(H,49,51)(H,53,54)(H,55,56)/b8-6-,14-12-,25-18-,32-30-. The summed E-state index contributed by atoms with van der Waals surface area (Å²) >= 11 is 0. The van der Waals surface area contributed by atoms with Gasteiger partial charge in [-0.3, -0.25) is 18.6 Å². The zero-order valence-corrected chi connectivity index (χ0v) is 38.6. The molecule has 11 nitrogen and oxygen atoms in total. The molecule has 0 fully saturated rings. The van der Waals surface area contributed by atoms with E-state index in [0.717, 1.165) is 57.8 Å². The van der Waals surface area contributed by atoms with Gasteiger partial charge in [0.2, 0.25) is 5.91 Å². The maximum atomic E-state index is 12.4. The van der Waals surface area contributed by atoms with E-state index in [1.165, 1.54) is 109 Å². The van der Waals surface area contributed by atoms with Crippen LogP contribution in [0.15, 0.2) is 48.6 Å². The molecule has 348 valence electrons. The molecule has 3 unspecified atom stereocenters. The highest BCUT2D eigenvalue weighted by atomic mass is 31.2. The highest BCUT2D eigenvalue weighted by Crippen LogP contribution is 2.43. The van der Waals surface area contributed by atoms with E-state index in [4.69, 9.17) is 13.8 Å². The number of esters is 1. The quantitative estimate of drug-likeness (QED) is 0.0200. The van der Waals surface area contributed by atoms with Crippen molar-refractivity contribution in [2.24, 2.45) is 0 Å². The van der Waals surface area contributed by atoms with E-state index in [-0.39, 0.29) is 12.8 Å². The molecule has 60 heavy (non-hydrogen) atoms. The number of unbranched alkanes of at least 4 members (excludes halogenated alkanes) is 22. The monoisotopic (exact) mass is 868 g/mol. The van der Waals surface area contributed by atoms with Crippen molar-refractivity contribution in [2.45, 2.75) is 219 Å². The molecule has 0 saturated carbocycles. The Bertz CT molecular complexity index is 1200. The van der Waals surface area contributed by atoms with Gasteiger partial charge in [-0.05, 0) is 51.4 Å². The fourth-order valence-electron chi connectivity index (χ4n) is 6.48. The zero-order chi connectivity index (χ0) is 44.2. The second-order valence-corrected chi connectivity index (χ2v) is 17.4. The first-order chi connectivity index (χ1) is 29.1. The molecule has 0 rings (SSSR count). The first-order valence-corrected chi connectivity index (χ1v) is 25.2. The molecule has 0 aliphatic heterocycles. The Balaban J connectivity index is 3.88. The molecule has 0 aromatic rings. The molecule has 0 bridgehead atoms. The van der Waals surface area contributed by atoms with E-state index < -0.39 is 57.6 Å². The summed E-state index contributed by atoms with van der Waals surface area (Å²) in [5, 5.41) is 21.9. The van der Waals surface area contributed by atoms with Crippen molar-refractivity contribution in [3.8, 4) is 0 Å². The van der Waals surface area contributed by atoms with Gasteiger partial charge in [-0.2, -0.15) is 0 Å². The van der Waals surface area contributed by atoms with E-state index >= 15 is 0 Å². The molecule has 4 N–H and O–H groups in total. The molecule has 0 aliphatic rings. The number of hydrogen-bond donors (Lipinski definition) is 4. The van der Waals surface area contributed by atoms with Crippen LogP contribution in [0.4, 0.5) is 0 Å². The van der Waals surface area contributed by atoms with E-state index in [2.05, 4.69) is 67.8 Å². The molecule has 0 heterocycles. The van der Waals surface area contributed by atoms with E-state index in [1.54, 1.807) is 0 Å².